The molecule has 0 aromatic heterocycles. The van der Waals surface area contributed by atoms with Gasteiger partial charge in [0.15, 0.2) is 0 Å². The quantitative estimate of drug-likeness (QED) is 0.367. The van der Waals surface area contributed by atoms with E-state index in [1.807, 2.05) is 19.1 Å². The standard InChI is InChI=1S/C26H26BrClN4O3/c1-5-32-22-12-20(28)16(10-19(22)15(2)13-26(32,3)4)11-21-24(34)31(25(35)30-21)14-23(33)29-18-8-6-17(27)7-9-18/h6-13H,5,14H2,1-4H3,(H,29,33)(H,30,35)/b21-11+. The molecule has 0 radical (unpaired) electrons. The number of carbonyl (C=O) groups excluding carboxylic acids is 3. The van der Waals surface area contributed by atoms with Crippen molar-refractivity contribution in [3.8, 4) is 0 Å². The number of imide groups is 1. The van der Waals surface area contributed by atoms with Crippen LogP contribution in [-0.2, 0) is 9.59 Å². The highest BCUT2D eigenvalue weighted by atomic mass is 79.9. The lowest BCUT2D eigenvalue weighted by Crippen LogP contribution is -2.44. The summed E-state index contributed by atoms with van der Waals surface area (Å²) in [5, 5.41) is 5.71. The average molecular weight is 558 g/mol. The zero-order valence-electron chi connectivity index (χ0n) is 19.9. The molecule has 0 bridgehead atoms. The number of halogens is 2. The number of likely N-dealkylation sites (N-methyl/N-ethyl adjacent to an activating group) is 1. The SMILES string of the molecule is CCN1c2cc(Cl)c(/C=C3/NC(=O)N(CC(=O)Nc4ccc(Br)cc4)C3=O)cc2C(C)=CC1(C)C. The number of allylic oxidation sites excluding steroid dienone is 1. The molecule has 0 unspecified atom stereocenters. The second kappa shape index (κ2) is 9.51. The van der Waals surface area contributed by atoms with Crippen LogP contribution in [0.2, 0.25) is 5.02 Å². The van der Waals surface area contributed by atoms with Gasteiger partial charge in [0.25, 0.3) is 5.91 Å². The van der Waals surface area contributed by atoms with E-state index in [4.69, 9.17) is 11.6 Å². The highest BCUT2D eigenvalue weighted by Gasteiger charge is 2.35. The maximum Gasteiger partial charge on any atom is 0.329 e. The van der Waals surface area contributed by atoms with Gasteiger partial charge in [-0.05, 0) is 81.3 Å². The first-order valence-corrected chi connectivity index (χ1v) is 12.4. The van der Waals surface area contributed by atoms with Crippen LogP contribution in [0, 0.1) is 0 Å². The van der Waals surface area contributed by atoms with Crippen molar-refractivity contribution in [3.05, 3.63) is 68.8 Å². The van der Waals surface area contributed by atoms with Gasteiger partial charge in [0.2, 0.25) is 5.91 Å². The van der Waals surface area contributed by atoms with Crippen molar-refractivity contribution in [3.63, 3.8) is 0 Å². The van der Waals surface area contributed by atoms with Gasteiger partial charge >= 0.3 is 6.03 Å². The van der Waals surface area contributed by atoms with E-state index >= 15 is 0 Å². The predicted molar refractivity (Wildman–Crippen MR) is 143 cm³/mol. The topological polar surface area (TPSA) is 81.8 Å². The molecule has 9 heteroatoms. The first-order valence-electron chi connectivity index (χ1n) is 11.2. The lowest BCUT2D eigenvalue weighted by atomic mass is 9.88. The molecule has 182 valence electrons. The third-order valence-corrected chi connectivity index (χ3v) is 6.96. The Balaban J connectivity index is 1.56. The minimum atomic E-state index is -0.656. The number of anilines is 2. The molecule has 0 aliphatic carbocycles. The van der Waals surface area contributed by atoms with Crippen molar-refractivity contribution in [2.45, 2.75) is 33.2 Å². The summed E-state index contributed by atoms with van der Waals surface area (Å²) in [6.45, 7) is 8.86. The van der Waals surface area contributed by atoms with Crippen molar-refractivity contribution in [2.24, 2.45) is 0 Å². The fourth-order valence-corrected chi connectivity index (χ4v) is 5.03. The molecule has 35 heavy (non-hydrogen) atoms. The molecule has 7 nitrogen and oxygen atoms in total. The summed E-state index contributed by atoms with van der Waals surface area (Å²) in [6, 6.07) is 10.2. The van der Waals surface area contributed by atoms with Gasteiger partial charge in [0.05, 0.1) is 5.54 Å². The average Bonchev–Trinajstić information content (AvgIpc) is 3.03. The Kier molecular flexibility index (Phi) is 6.79. The summed E-state index contributed by atoms with van der Waals surface area (Å²) >= 11 is 9.95. The van der Waals surface area contributed by atoms with Gasteiger partial charge in [-0.15, -0.1) is 0 Å². The monoisotopic (exact) mass is 556 g/mol. The molecule has 0 atom stereocenters. The van der Waals surface area contributed by atoms with Gasteiger partial charge in [-0.2, -0.15) is 0 Å². The Labute approximate surface area is 217 Å². The third kappa shape index (κ3) is 4.99. The van der Waals surface area contributed by atoms with Crippen LogP contribution >= 0.6 is 27.5 Å². The second-order valence-corrected chi connectivity index (χ2v) is 10.4. The van der Waals surface area contributed by atoms with Crippen molar-refractivity contribution in [1.29, 1.82) is 0 Å². The fraction of sp³-hybridized carbons (Fsp3) is 0.269. The molecule has 2 aliphatic heterocycles. The van der Waals surface area contributed by atoms with Crippen molar-refractivity contribution in [1.82, 2.24) is 10.2 Å². The van der Waals surface area contributed by atoms with Crippen LogP contribution in [0.4, 0.5) is 16.2 Å². The molecule has 2 heterocycles. The maximum atomic E-state index is 12.9. The highest BCUT2D eigenvalue weighted by molar-refractivity contribution is 9.10. The Morgan fingerprint density at radius 3 is 2.54 bits per heavy atom. The largest absolute Gasteiger partial charge is 0.363 e. The molecular weight excluding hydrogens is 532 g/mol. The van der Waals surface area contributed by atoms with E-state index in [-0.39, 0.29) is 11.2 Å². The molecule has 2 aromatic carbocycles. The Morgan fingerprint density at radius 1 is 1.20 bits per heavy atom. The fourth-order valence-electron chi connectivity index (χ4n) is 4.55. The predicted octanol–water partition coefficient (Wildman–Crippen LogP) is 5.66. The van der Waals surface area contributed by atoms with Gasteiger partial charge in [0, 0.05) is 33.0 Å². The number of carbonyl (C=O) groups is 3. The summed E-state index contributed by atoms with van der Waals surface area (Å²) < 4.78 is 0.872. The molecule has 2 N–H and O–H groups in total. The van der Waals surface area contributed by atoms with Crippen LogP contribution in [0.15, 0.2) is 52.6 Å². The van der Waals surface area contributed by atoms with E-state index in [0.717, 1.165) is 32.7 Å². The lowest BCUT2D eigenvalue weighted by Gasteiger charge is -2.43. The van der Waals surface area contributed by atoms with Gasteiger partial charge in [-0.3, -0.25) is 9.59 Å². The van der Waals surface area contributed by atoms with Crippen LogP contribution in [0.25, 0.3) is 11.6 Å². The van der Waals surface area contributed by atoms with Gasteiger partial charge < -0.3 is 15.5 Å². The molecule has 0 saturated carbocycles. The number of benzene rings is 2. The summed E-state index contributed by atoms with van der Waals surface area (Å²) in [7, 11) is 0. The number of fused-ring (bicyclic) bond motifs is 1. The number of nitrogens with zero attached hydrogens (tertiary/aromatic N) is 2. The summed E-state index contributed by atoms with van der Waals surface area (Å²) in [5.41, 5.74) is 4.25. The van der Waals surface area contributed by atoms with Crippen LogP contribution < -0.4 is 15.5 Å². The number of nitrogens with one attached hydrogen (secondary N) is 2. The van der Waals surface area contributed by atoms with E-state index in [0.29, 0.717) is 16.3 Å². The molecule has 4 rings (SSSR count). The minimum absolute atomic E-state index is 0.0680. The van der Waals surface area contributed by atoms with E-state index in [9.17, 15) is 14.4 Å². The van der Waals surface area contributed by atoms with Crippen molar-refractivity contribution >= 4 is 68.4 Å². The van der Waals surface area contributed by atoms with E-state index in [2.05, 4.69) is 58.3 Å². The summed E-state index contributed by atoms with van der Waals surface area (Å²) in [4.78, 5) is 41.0. The molecule has 1 fully saturated rings. The number of amides is 4. The second-order valence-electron chi connectivity index (χ2n) is 9.05. The van der Waals surface area contributed by atoms with Gasteiger partial charge in [-0.1, -0.05) is 33.6 Å². The van der Waals surface area contributed by atoms with Crippen molar-refractivity contribution in [2.75, 3.05) is 23.3 Å². The molecule has 4 amide bonds. The molecule has 2 aliphatic rings. The normalized spacial score (nSPS) is 17.9. The van der Waals surface area contributed by atoms with Crippen LogP contribution in [0.5, 0.6) is 0 Å². The summed E-state index contributed by atoms with van der Waals surface area (Å²) in [6.07, 6.45) is 3.76. The highest BCUT2D eigenvalue weighted by Crippen LogP contribution is 2.41. The van der Waals surface area contributed by atoms with Crippen LogP contribution in [0.3, 0.4) is 0 Å². The van der Waals surface area contributed by atoms with Crippen LogP contribution in [0.1, 0.15) is 38.8 Å². The molecular formula is C26H26BrClN4O3. The maximum absolute atomic E-state index is 12.9. The van der Waals surface area contributed by atoms with E-state index in [1.54, 1.807) is 30.3 Å². The Bertz CT molecular complexity index is 1280. The third-order valence-electron chi connectivity index (χ3n) is 6.10. The Morgan fingerprint density at radius 2 is 1.89 bits per heavy atom. The molecule has 1 saturated heterocycles. The summed E-state index contributed by atoms with van der Waals surface area (Å²) in [5.74, 6) is -1.06. The van der Waals surface area contributed by atoms with E-state index in [1.165, 1.54) is 0 Å². The number of urea groups is 1. The number of rotatable bonds is 5. The van der Waals surface area contributed by atoms with Crippen molar-refractivity contribution < 1.29 is 14.4 Å². The Hall–Kier alpha value is -3.10. The molecule has 0 spiro atoms. The zero-order valence-corrected chi connectivity index (χ0v) is 22.3. The first kappa shape index (κ1) is 25.0. The number of hydrogen-bond donors (Lipinski definition) is 2. The lowest BCUT2D eigenvalue weighted by molar-refractivity contribution is -0.127. The van der Waals surface area contributed by atoms with Gasteiger partial charge in [0.1, 0.15) is 12.2 Å². The van der Waals surface area contributed by atoms with Crippen LogP contribution in [-0.4, -0.2) is 41.4 Å². The smallest absolute Gasteiger partial charge is 0.329 e. The zero-order chi connectivity index (χ0) is 25.5. The first-order chi connectivity index (χ1) is 16.5. The molecule has 2 aromatic rings. The number of hydrogen-bond acceptors (Lipinski definition) is 4. The van der Waals surface area contributed by atoms with Gasteiger partial charge in [-0.25, -0.2) is 9.69 Å². The van der Waals surface area contributed by atoms with E-state index < -0.39 is 24.4 Å². The minimum Gasteiger partial charge on any atom is -0.363 e.